The molecule has 1 aliphatic rings. The Morgan fingerprint density at radius 2 is 2.05 bits per heavy atom. The van der Waals surface area contributed by atoms with Crippen LogP contribution >= 0.6 is 0 Å². The van der Waals surface area contributed by atoms with Gasteiger partial charge in [0, 0.05) is 29.2 Å². The third-order valence-electron chi connectivity index (χ3n) is 3.77. The van der Waals surface area contributed by atoms with Crippen molar-refractivity contribution in [2.75, 3.05) is 26.0 Å². The minimum Gasteiger partial charge on any atom is -0.490 e. The molecule has 0 saturated carbocycles. The Morgan fingerprint density at radius 3 is 2.76 bits per heavy atom. The van der Waals surface area contributed by atoms with Gasteiger partial charge in [-0.15, -0.1) is 0 Å². The molecule has 0 spiro atoms. The molecule has 2 rings (SSSR count). The van der Waals surface area contributed by atoms with Crippen molar-refractivity contribution in [3.63, 3.8) is 0 Å². The van der Waals surface area contributed by atoms with Crippen LogP contribution in [0.5, 0.6) is 11.5 Å². The average Bonchev–Trinajstić information content (AvgIpc) is 2.75. The summed E-state index contributed by atoms with van der Waals surface area (Å²) in [4.78, 5) is 0.830. The fourth-order valence-electron chi connectivity index (χ4n) is 2.42. The van der Waals surface area contributed by atoms with Crippen LogP contribution in [-0.4, -0.2) is 36.3 Å². The van der Waals surface area contributed by atoms with Crippen molar-refractivity contribution < 1.29 is 13.7 Å². The van der Waals surface area contributed by atoms with Crippen LogP contribution in [0.4, 0.5) is 0 Å². The first-order valence-electron chi connectivity index (χ1n) is 7.70. The van der Waals surface area contributed by atoms with Crippen LogP contribution in [-0.2, 0) is 10.8 Å². The average molecular weight is 311 g/mol. The first-order chi connectivity index (χ1) is 10.2. The predicted molar refractivity (Wildman–Crippen MR) is 85.7 cm³/mol. The highest BCUT2D eigenvalue weighted by Gasteiger charge is 2.13. The summed E-state index contributed by atoms with van der Waals surface area (Å²) in [5.41, 5.74) is 0. The van der Waals surface area contributed by atoms with E-state index in [0.29, 0.717) is 25.0 Å². The Hall–Kier alpha value is -1.07. The lowest BCUT2D eigenvalue weighted by Crippen LogP contribution is -2.24. The van der Waals surface area contributed by atoms with Gasteiger partial charge in [0.1, 0.15) is 0 Å². The summed E-state index contributed by atoms with van der Waals surface area (Å²) >= 11 is 0. The quantitative estimate of drug-likeness (QED) is 0.841. The number of benzene rings is 1. The van der Waals surface area contributed by atoms with Crippen LogP contribution in [0.1, 0.15) is 32.6 Å². The van der Waals surface area contributed by atoms with E-state index in [1.54, 1.807) is 0 Å². The maximum Gasteiger partial charge on any atom is 0.162 e. The van der Waals surface area contributed by atoms with E-state index in [9.17, 15) is 4.21 Å². The van der Waals surface area contributed by atoms with Crippen molar-refractivity contribution in [3.8, 4) is 11.5 Å². The summed E-state index contributed by atoms with van der Waals surface area (Å²) < 4.78 is 23.6. The number of fused-ring (bicyclic) bond motifs is 1. The highest BCUT2D eigenvalue weighted by molar-refractivity contribution is 7.85. The van der Waals surface area contributed by atoms with Crippen molar-refractivity contribution in [3.05, 3.63) is 18.2 Å². The van der Waals surface area contributed by atoms with Gasteiger partial charge in [-0.05, 0) is 38.4 Å². The standard InChI is InChI=1S/C16H25NO3S/c1-3-13(17-2)6-4-11-21(18)14-7-8-15-16(12-14)20-10-5-9-19-15/h7-8,12-13,17H,3-6,9-11H2,1-2H3. The van der Waals surface area contributed by atoms with Gasteiger partial charge in [0.15, 0.2) is 11.5 Å². The van der Waals surface area contributed by atoms with Crippen molar-refractivity contribution in [2.24, 2.45) is 0 Å². The van der Waals surface area contributed by atoms with Crippen LogP contribution in [0.2, 0.25) is 0 Å². The minimum absolute atomic E-state index is 0.519. The van der Waals surface area contributed by atoms with Crippen molar-refractivity contribution in [1.29, 1.82) is 0 Å². The zero-order valence-corrected chi connectivity index (χ0v) is 13.7. The molecule has 0 radical (unpaired) electrons. The summed E-state index contributed by atoms with van der Waals surface area (Å²) in [6.45, 7) is 3.50. The maximum absolute atomic E-state index is 12.4. The summed E-state index contributed by atoms with van der Waals surface area (Å²) in [6, 6.07) is 6.15. The molecule has 1 aromatic carbocycles. The van der Waals surface area contributed by atoms with Gasteiger partial charge in [-0.2, -0.15) is 0 Å². The van der Waals surface area contributed by atoms with E-state index in [1.807, 2.05) is 25.2 Å². The molecule has 1 heterocycles. The molecular weight excluding hydrogens is 286 g/mol. The smallest absolute Gasteiger partial charge is 0.162 e. The van der Waals surface area contributed by atoms with E-state index in [2.05, 4.69) is 12.2 Å². The molecule has 5 heteroatoms. The van der Waals surface area contributed by atoms with Gasteiger partial charge >= 0.3 is 0 Å². The Morgan fingerprint density at radius 1 is 1.29 bits per heavy atom. The van der Waals surface area contributed by atoms with Gasteiger partial charge in [0.2, 0.25) is 0 Å². The molecular formula is C16H25NO3S. The van der Waals surface area contributed by atoms with E-state index < -0.39 is 10.8 Å². The second-order valence-corrected chi connectivity index (χ2v) is 6.82. The molecule has 0 bridgehead atoms. The molecule has 0 fully saturated rings. The Balaban J connectivity index is 1.92. The van der Waals surface area contributed by atoms with Crippen molar-refractivity contribution in [1.82, 2.24) is 5.32 Å². The fourth-order valence-corrected chi connectivity index (χ4v) is 3.54. The van der Waals surface area contributed by atoms with E-state index in [0.717, 1.165) is 42.1 Å². The Bertz CT molecular complexity index is 475. The van der Waals surface area contributed by atoms with Crippen molar-refractivity contribution >= 4 is 10.8 Å². The summed E-state index contributed by atoms with van der Waals surface area (Å²) in [6.07, 6.45) is 4.01. The zero-order chi connectivity index (χ0) is 15.1. The number of ether oxygens (including phenoxy) is 2. The molecule has 21 heavy (non-hydrogen) atoms. The van der Waals surface area contributed by atoms with Gasteiger partial charge in [0.05, 0.1) is 24.0 Å². The molecule has 0 amide bonds. The first kappa shape index (κ1) is 16.3. The molecule has 2 atom stereocenters. The minimum atomic E-state index is -0.971. The third-order valence-corrected chi connectivity index (χ3v) is 5.20. The van der Waals surface area contributed by atoms with Crippen LogP contribution in [0, 0.1) is 0 Å². The second-order valence-electron chi connectivity index (χ2n) is 5.24. The number of rotatable bonds is 7. The highest BCUT2D eigenvalue weighted by Crippen LogP contribution is 2.31. The molecule has 2 unspecified atom stereocenters. The topological polar surface area (TPSA) is 47.6 Å². The predicted octanol–water partition coefficient (Wildman–Crippen LogP) is 2.73. The van der Waals surface area contributed by atoms with Crippen molar-refractivity contribution in [2.45, 2.75) is 43.5 Å². The van der Waals surface area contributed by atoms with E-state index in [4.69, 9.17) is 9.47 Å². The third kappa shape index (κ3) is 4.71. The summed E-state index contributed by atoms with van der Waals surface area (Å²) in [5, 5.41) is 3.28. The largest absolute Gasteiger partial charge is 0.490 e. The molecule has 1 aromatic rings. The molecule has 4 nitrogen and oxygen atoms in total. The lowest BCUT2D eigenvalue weighted by Gasteiger charge is -2.13. The summed E-state index contributed by atoms with van der Waals surface area (Å²) in [5.74, 6) is 2.17. The Labute approximate surface area is 129 Å². The monoisotopic (exact) mass is 311 g/mol. The molecule has 1 N–H and O–H groups in total. The maximum atomic E-state index is 12.4. The van der Waals surface area contributed by atoms with E-state index in [-0.39, 0.29) is 0 Å². The van der Waals surface area contributed by atoms with Crippen LogP contribution < -0.4 is 14.8 Å². The molecule has 0 saturated heterocycles. The van der Waals surface area contributed by atoms with Gasteiger partial charge < -0.3 is 14.8 Å². The van der Waals surface area contributed by atoms with Crippen LogP contribution in [0.15, 0.2) is 23.1 Å². The van der Waals surface area contributed by atoms with Crippen LogP contribution in [0.25, 0.3) is 0 Å². The normalized spacial score (nSPS) is 17.0. The second kappa shape index (κ2) is 8.39. The Kier molecular flexibility index (Phi) is 6.51. The zero-order valence-electron chi connectivity index (χ0n) is 12.9. The number of hydrogen-bond donors (Lipinski definition) is 1. The van der Waals surface area contributed by atoms with E-state index in [1.165, 1.54) is 0 Å². The molecule has 0 aliphatic carbocycles. The summed E-state index contributed by atoms with van der Waals surface area (Å²) in [7, 11) is 1.01. The molecule has 0 aromatic heterocycles. The van der Waals surface area contributed by atoms with Crippen LogP contribution in [0.3, 0.4) is 0 Å². The number of nitrogens with one attached hydrogen (secondary N) is 1. The lowest BCUT2D eigenvalue weighted by atomic mass is 10.1. The molecule has 118 valence electrons. The SMILES string of the molecule is CCC(CCCS(=O)c1ccc2c(c1)OCCCO2)NC. The molecule has 1 aliphatic heterocycles. The van der Waals surface area contributed by atoms with E-state index >= 15 is 0 Å². The van der Waals surface area contributed by atoms with Gasteiger partial charge in [0.25, 0.3) is 0 Å². The first-order valence-corrected chi connectivity index (χ1v) is 9.01. The van der Waals surface area contributed by atoms with Gasteiger partial charge in [-0.3, -0.25) is 4.21 Å². The van der Waals surface area contributed by atoms with Gasteiger partial charge in [-0.25, -0.2) is 0 Å². The fraction of sp³-hybridized carbons (Fsp3) is 0.625. The van der Waals surface area contributed by atoms with Gasteiger partial charge in [-0.1, -0.05) is 6.92 Å². The highest BCUT2D eigenvalue weighted by atomic mass is 32.2. The lowest BCUT2D eigenvalue weighted by molar-refractivity contribution is 0.297. The number of hydrogen-bond acceptors (Lipinski definition) is 4.